The molecule has 1 aliphatic rings. The maximum absolute atomic E-state index is 15.5. The highest BCUT2D eigenvalue weighted by molar-refractivity contribution is 7.95. The normalized spacial score (nSPS) is 23.9. The van der Waals surface area contributed by atoms with Gasteiger partial charge in [0.2, 0.25) is 0 Å². The molecule has 13 heteroatoms. The molecule has 1 heterocycles. The van der Waals surface area contributed by atoms with Crippen molar-refractivity contribution in [1.82, 2.24) is 4.90 Å². The summed E-state index contributed by atoms with van der Waals surface area (Å²) in [6.07, 6.45) is -1.45. The predicted molar refractivity (Wildman–Crippen MR) is 148 cm³/mol. The average molecular weight is 584 g/mol. The van der Waals surface area contributed by atoms with Gasteiger partial charge in [-0.2, -0.15) is 4.90 Å². The fourth-order valence-electron chi connectivity index (χ4n) is 4.52. The molecule has 0 fully saturated rings. The number of amidine groups is 1. The van der Waals surface area contributed by atoms with Crippen LogP contribution in [0.4, 0.5) is 19.7 Å². The second-order valence-corrected chi connectivity index (χ2v) is 15.4. The zero-order valence-electron chi connectivity index (χ0n) is 24.6. The molecule has 0 aromatic heterocycles. The molecule has 0 spiro atoms. The van der Waals surface area contributed by atoms with Crippen LogP contribution in [0, 0.1) is 15.9 Å². The zero-order chi connectivity index (χ0) is 31.3. The third kappa shape index (κ3) is 5.61. The van der Waals surface area contributed by atoms with E-state index in [0.717, 1.165) is 18.2 Å². The van der Waals surface area contributed by atoms with Crippen molar-refractivity contribution in [1.29, 1.82) is 0 Å². The van der Waals surface area contributed by atoms with E-state index in [2.05, 4.69) is 11.6 Å². The third-order valence-electron chi connectivity index (χ3n) is 6.75. The number of nitro groups is 1. The molecular formula is C27H38FN3O8S. The lowest BCUT2D eigenvalue weighted by atomic mass is 9.77. The van der Waals surface area contributed by atoms with E-state index in [4.69, 9.17) is 9.47 Å². The number of benzene rings is 1. The van der Waals surface area contributed by atoms with Gasteiger partial charge in [0, 0.05) is 17.7 Å². The van der Waals surface area contributed by atoms with Crippen molar-refractivity contribution in [3.05, 3.63) is 52.3 Å². The zero-order valence-corrected chi connectivity index (χ0v) is 25.4. The van der Waals surface area contributed by atoms with Crippen molar-refractivity contribution in [2.75, 3.05) is 0 Å². The Kier molecular flexibility index (Phi) is 8.41. The summed E-state index contributed by atoms with van der Waals surface area (Å²) in [5.41, 5.74) is -5.24. The molecule has 2 unspecified atom stereocenters. The number of carbonyl (C=O) groups excluding carboxylic acids is 2. The number of imide groups is 1. The molecule has 0 aliphatic carbocycles. The van der Waals surface area contributed by atoms with Gasteiger partial charge in [-0.1, -0.05) is 6.08 Å². The Morgan fingerprint density at radius 2 is 1.55 bits per heavy atom. The lowest BCUT2D eigenvalue weighted by Gasteiger charge is -2.52. The quantitative estimate of drug-likeness (QED) is 0.236. The number of allylic oxidation sites excluding steroid dienone is 1. The SMILES string of the molecule is C=CCC1(C)C(C)(c2cc([N+](=O)[O-])ccc2F)N=C(N(C(=O)OC(C)(C)C)C(=O)OC(C)(C)C)C(C)(C)S1(=O)=O. The number of rotatable bonds is 4. The Labute approximate surface area is 234 Å². The second-order valence-electron chi connectivity index (χ2n) is 12.5. The van der Waals surface area contributed by atoms with Gasteiger partial charge in [0.25, 0.3) is 5.69 Å². The Morgan fingerprint density at radius 3 is 1.95 bits per heavy atom. The highest BCUT2D eigenvalue weighted by Gasteiger charge is 2.66. The summed E-state index contributed by atoms with van der Waals surface area (Å²) in [5, 5.41) is 11.6. The van der Waals surface area contributed by atoms with Crippen molar-refractivity contribution in [2.45, 2.75) is 102 Å². The number of nitro benzene ring substituents is 1. The van der Waals surface area contributed by atoms with Gasteiger partial charge in [0.05, 0.1) is 4.92 Å². The molecular weight excluding hydrogens is 545 g/mol. The summed E-state index contributed by atoms with van der Waals surface area (Å²) < 4.78 is 51.3. The number of nitrogens with zero attached hydrogens (tertiary/aromatic N) is 3. The van der Waals surface area contributed by atoms with Gasteiger partial charge in [-0.15, -0.1) is 6.58 Å². The number of aliphatic imine (C=N–C) groups is 1. The van der Waals surface area contributed by atoms with E-state index in [1.165, 1.54) is 33.8 Å². The standard InChI is InChI=1S/C27H38FN3O8S/c1-12-15-26(10)27(11,18-16-17(31(34)35)13-14-19(18)28)29-20(25(8,9)40(26,36)37)30(21(32)38-23(2,3)4)22(33)39-24(5,6)7/h12-14,16H,1,15H2,2-11H3. The number of carbonyl (C=O) groups is 2. The first-order valence-electron chi connectivity index (χ1n) is 12.5. The van der Waals surface area contributed by atoms with Crippen molar-refractivity contribution >= 4 is 33.5 Å². The first-order chi connectivity index (χ1) is 17.9. The summed E-state index contributed by atoms with van der Waals surface area (Å²) in [4.78, 5) is 42.8. The maximum atomic E-state index is 15.5. The molecule has 2 rings (SSSR count). The van der Waals surface area contributed by atoms with E-state index in [0.29, 0.717) is 4.90 Å². The summed E-state index contributed by atoms with van der Waals surface area (Å²) in [6, 6.07) is 2.68. The molecule has 222 valence electrons. The number of amides is 2. The van der Waals surface area contributed by atoms with Crippen LogP contribution in [-0.4, -0.2) is 57.0 Å². The predicted octanol–water partition coefficient (Wildman–Crippen LogP) is 6.06. The Balaban J connectivity index is 3.12. The first-order valence-corrected chi connectivity index (χ1v) is 14.0. The fraction of sp³-hybridized carbons (Fsp3) is 0.593. The van der Waals surface area contributed by atoms with E-state index in [9.17, 15) is 28.1 Å². The van der Waals surface area contributed by atoms with E-state index in [1.807, 2.05) is 0 Å². The summed E-state index contributed by atoms with van der Waals surface area (Å²) in [6.45, 7) is 18.1. The molecule has 0 radical (unpaired) electrons. The largest absolute Gasteiger partial charge is 0.443 e. The monoisotopic (exact) mass is 583 g/mol. The van der Waals surface area contributed by atoms with Crippen LogP contribution in [0.5, 0.6) is 0 Å². The van der Waals surface area contributed by atoms with Crippen molar-refractivity contribution in [3.63, 3.8) is 0 Å². The van der Waals surface area contributed by atoms with Crippen LogP contribution in [-0.2, 0) is 24.8 Å². The molecule has 2 atom stereocenters. The number of sulfone groups is 1. The Bertz CT molecular complexity index is 1350. The van der Waals surface area contributed by atoms with Crippen LogP contribution in [0.25, 0.3) is 0 Å². The summed E-state index contributed by atoms with van der Waals surface area (Å²) in [5.74, 6) is -1.56. The van der Waals surface area contributed by atoms with E-state index < -0.39 is 76.1 Å². The average Bonchev–Trinajstić information content (AvgIpc) is 2.75. The fourth-order valence-corrected chi connectivity index (χ4v) is 7.04. The van der Waals surface area contributed by atoms with Crippen LogP contribution >= 0.6 is 0 Å². The van der Waals surface area contributed by atoms with Gasteiger partial charge in [0.15, 0.2) is 9.84 Å². The van der Waals surface area contributed by atoms with Crippen molar-refractivity contribution in [2.24, 2.45) is 4.99 Å². The van der Waals surface area contributed by atoms with E-state index in [1.54, 1.807) is 41.5 Å². The molecule has 11 nitrogen and oxygen atoms in total. The third-order valence-corrected chi connectivity index (χ3v) is 10.0. The highest BCUT2D eigenvalue weighted by Crippen LogP contribution is 2.53. The Morgan fingerprint density at radius 1 is 1.07 bits per heavy atom. The smallest absolute Gasteiger partial charge is 0.425 e. The number of non-ortho nitro benzene ring substituents is 1. The number of ether oxygens (including phenoxy) is 2. The molecule has 2 amide bonds. The van der Waals surface area contributed by atoms with Crippen molar-refractivity contribution in [3.8, 4) is 0 Å². The second kappa shape index (κ2) is 10.2. The number of halogens is 1. The minimum absolute atomic E-state index is 0.243. The summed E-state index contributed by atoms with van der Waals surface area (Å²) >= 11 is 0. The molecule has 0 saturated heterocycles. The van der Waals surface area contributed by atoms with Gasteiger partial charge in [-0.3, -0.25) is 15.1 Å². The first kappa shape index (κ1) is 32.9. The van der Waals surface area contributed by atoms with Crippen LogP contribution in [0.15, 0.2) is 35.8 Å². The number of hydrogen-bond acceptors (Lipinski definition) is 9. The van der Waals surface area contributed by atoms with Gasteiger partial charge >= 0.3 is 12.2 Å². The molecule has 1 aliphatic heterocycles. The van der Waals surface area contributed by atoms with E-state index >= 15 is 4.39 Å². The van der Waals surface area contributed by atoms with Gasteiger partial charge < -0.3 is 9.47 Å². The lowest BCUT2D eigenvalue weighted by Crippen LogP contribution is -2.68. The molecule has 0 saturated carbocycles. The van der Waals surface area contributed by atoms with Crippen molar-refractivity contribution < 1.29 is 36.8 Å². The Hall–Kier alpha value is -3.35. The van der Waals surface area contributed by atoms with Gasteiger partial charge in [0.1, 0.15) is 37.9 Å². The molecule has 1 aromatic carbocycles. The molecule has 0 N–H and O–H groups in total. The minimum Gasteiger partial charge on any atom is -0.443 e. The maximum Gasteiger partial charge on any atom is 0.425 e. The van der Waals surface area contributed by atoms with Crippen LogP contribution in [0.1, 0.15) is 81.2 Å². The molecule has 1 aromatic rings. The van der Waals surface area contributed by atoms with E-state index in [-0.39, 0.29) is 6.42 Å². The molecule has 0 bridgehead atoms. The highest BCUT2D eigenvalue weighted by atomic mass is 32.2. The minimum atomic E-state index is -4.51. The van der Waals surface area contributed by atoms with Crippen LogP contribution < -0.4 is 0 Å². The number of hydrogen-bond donors (Lipinski definition) is 0. The molecule has 40 heavy (non-hydrogen) atoms. The van der Waals surface area contributed by atoms with Crippen LogP contribution in [0.3, 0.4) is 0 Å². The van der Waals surface area contributed by atoms with Gasteiger partial charge in [-0.05, 0) is 81.7 Å². The topological polar surface area (TPSA) is 145 Å². The summed E-state index contributed by atoms with van der Waals surface area (Å²) in [7, 11) is -4.51. The van der Waals surface area contributed by atoms with Crippen LogP contribution in [0.2, 0.25) is 0 Å². The lowest BCUT2D eigenvalue weighted by molar-refractivity contribution is -0.385. The van der Waals surface area contributed by atoms with Gasteiger partial charge in [-0.25, -0.2) is 22.4 Å².